The summed E-state index contributed by atoms with van der Waals surface area (Å²) >= 11 is 0. The lowest BCUT2D eigenvalue weighted by atomic mass is 10.0. The van der Waals surface area contributed by atoms with E-state index in [1.807, 2.05) is 0 Å². The topological polar surface area (TPSA) is 61.8 Å². The third kappa shape index (κ3) is 49.7. The highest BCUT2D eigenvalue weighted by Gasteiger charge is 2.17. The molecule has 0 aliphatic rings. The molecule has 0 amide bonds. The molecule has 62 heavy (non-hydrogen) atoms. The number of ether oxygens (including phenoxy) is 3. The van der Waals surface area contributed by atoms with Gasteiger partial charge >= 0.3 is 11.9 Å². The number of carbonyl (C=O) groups excluding carboxylic acids is 2. The van der Waals surface area contributed by atoms with E-state index in [1.54, 1.807) is 0 Å². The van der Waals surface area contributed by atoms with E-state index in [-0.39, 0.29) is 25.2 Å². The lowest BCUT2D eigenvalue weighted by Gasteiger charge is -2.18. The highest BCUT2D eigenvalue weighted by atomic mass is 16.6. The third-order valence-electron chi connectivity index (χ3n) is 10.9. The maximum Gasteiger partial charge on any atom is 0.306 e. The molecule has 5 nitrogen and oxygen atoms in total. The van der Waals surface area contributed by atoms with Crippen molar-refractivity contribution < 1.29 is 23.8 Å². The Labute approximate surface area is 384 Å². The van der Waals surface area contributed by atoms with Crippen LogP contribution in [0.1, 0.15) is 239 Å². The molecular formula is C57H98O5. The van der Waals surface area contributed by atoms with E-state index in [0.717, 1.165) is 103 Å². The summed E-state index contributed by atoms with van der Waals surface area (Å²) in [6.07, 6.45) is 68.9. The summed E-state index contributed by atoms with van der Waals surface area (Å²) in [5, 5.41) is 0. The molecule has 0 N–H and O–H groups in total. The molecule has 0 heterocycles. The number of rotatable bonds is 47. The molecule has 1 atom stereocenters. The average Bonchev–Trinajstić information content (AvgIpc) is 3.27. The molecule has 0 aromatic rings. The van der Waals surface area contributed by atoms with Crippen LogP contribution in [0, 0.1) is 0 Å². The van der Waals surface area contributed by atoms with Gasteiger partial charge in [-0.05, 0) is 89.9 Å². The predicted molar refractivity (Wildman–Crippen MR) is 270 cm³/mol. The molecule has 0 aromatic carbocycles. The molecule has 0 aliphatic heterocycles. The van der Waals surface area contributed by atoms with Crippen molar-refractivity contribution in [3.63, 3.8) is 0 Å². The number of esters is 2. The minimum atomic E-state index is -0.570. The van der Waals surface area contributed by atoms with Crippen LogP contribution < -0.4 is 0 Å². The third-order valence-corrected chi connectivity index (χ3v) is 10.9. The molecule has 0 rings (SSSR count). The van der Waals surface area contributed by atoms with Gasteiger partial charge in [-0.2, -0.15) is 0 Å². The molecule has 0 fully saturated rings. The predicted octanol–water partition coefficient (Wildman–Crippen LogP) is 17.7. The van der Waals surface area contributed by atoms with Crippen molar-refractivity contribution in [3.05, 3.63) is 85.1 Å². The standard InChI is InChI=1S/C57H98O5/c1-4-7-10-13-16-19-22-25-27-28-29-31-34-37-40-43-46-49-52-60-53-55(62-57(59)51-48-45-42-39-36-32-24-21-18-15-12-9-6-3)54-61-56(58)50-47-44-41-38-35-33-30-26-23-20-17-14-11-8-5-2/h8-9,11-12,17-18,20-21,26,30,32,35-36,38,55H,4-7,10,13-16,19,22-25,27-29,31,33-34,37,39-54H2,1-3H3/b11-8-,12-9-,20-17-,21-18-,30-26-,36-32-,38-35-. The van der Waals surface area contributed by atoms with E-state index in [2.05, 4.69) is 106 Å². The Balaban J connectivity index is 4.33. The normalized spacial score (nSPS) is 12.9. The van der Waals surface area contributed by atoms with Crippen LogP contribution in [0.25, 0.3) is 0 Å². The van der Waals surface area contributed by atoms with Crippen LogP contribution in [0.3, 0.4) is 0 Å². The largest absolute Gasteiger partial charge is 0.462 e. The molecule has 1 unspecified atom stereocenters. The van der Waals surface area contributed by atoms with Crippen LogP contribution >= 0.6 is 0 Å². The maximum absolute atomic E-state index is 12.8. The van der Waals surface area contributed by atoms with Crippen molar-refractivity contribution in [3.8, 4) is 0 Å². The quantitative estimate of drug-likeness (QED) is 0.0346. The molecule has 0 bridgehead atoms. The van der Waals surface area contributed by atoms with Gasteiger partial charge in [0, 0.05) is 19.4 Å². The number of hydrogen-bond acceptors (Lipinski definition) is 5. The summed E-state index contributed by atoms with van der Waals surface area (Å²) in [4.78, 5) is 25.4. The van der Waals surface area contributed by atoms with Gasteiger partial charge in [-0.3, -0.25) is 9.59 Å². The van der Waals surface area contributed by atoms with Gasteiger partial charge in [-0.1, -0.05) is 221 Å². The molecule has 0 aliphatic carbocycles. The fourth-order valence-electron chi connectivity index (χ4n) is 7.10. The van der Waals surface area contributed by atoms with Gasteiger partial charge in [0.2, 0.25) is 0 Å². The summed E-state index contributed by atoms with van der Waals surface area (Å²) in [6, 6.07) is 0. The van der Waals surface area contributed by atoms with Crippen molar-refractivity contribution in [2.45, 2.75) is 245 Å². The van der Waals surface area contributed by atoms with Crippen LogP contribution in [0.2, 0.25) is 0 Å². The summed E-state index contributed by atoms with van der Waals surface area (Å²) in [5.74, 6) is -0.477. The van der Waals surface area contributed by atoms with Gasteiger partial charge in [-0.15, -0.1) is 0 Å². The lowest BCUT2D eigenvalue weighted by Crippen LogP contribution is -2.30. The summed E-state index contributed by atoms with van der Waals surface area (Å²) in [6.45, 7) is 7.54. The summed E-state index contributed by atoms with van der Waals surface area (Å²) < 4.78 is 17.4. The second kappa shape index (κ2) is 52.4. The second-order valence-corrected chi connectivity index (χ2v) is 17.0. The van der Waals surface area contributed by atoms with Gasteiger partial charge in [0.05, 0.1) is 6.61 Å². The first-order valence-corrected chi connectivity index (χ1v) is 26.1. The van der Waals surface area contributed by atoms with E-state index in [4.69, 9.17) is 14.2 Å². The van der Waals surface area contributed by atoms with Crippen molar-refractivity contribution >= 4 is 11.9 Å². The fourth-order valence-corrected chi connectivity index (χ4v) is 7.10. The van der Waals surface area contributed by atoms with Crippen LogP contribution in [-0.2, 0) is 23.8 Å². The first kappa shape index (κ1) is 59.1. The highest BCUT2D eigenvalue weighted by molar-refractivity contribution is 5.70. The molecule has 0 saturated carbocycles. The van der Waals surface area contributed by atoms with Crippen molar-refractivity contribution in [1.29, 1.82) is 0 Å². The van der Waals surface area contributed by atoms with E-state index in [9.17, 15) is 9.59 Å². The number of carbonyl (C=O) groups is 2. The minimum Gasteiger partial charge on any atom is -0.462 e. The SMILES string of the molecule is CC/C=C\C/C=C\C/C=C\C/C=C\CCCCC(=O)OCC(COCCCCCCCCCCCCCCCCCCCC)OC(=O)CCCCC/C=C\C/C=C\C/C=C\CC. The number of unbranched alkanes of at least 4 members (excludes halogenated alkanes) is 22. The molecule has 0 radical (unpaired) electrons. The second-order valence-electron chi connectivity index (χ2n) is 17.0. The number of hydrogen-bond donors (Lipinski definition) is 0. The van der Waals surface area contributed by atoms with E-state index in [1.165, 1.54) is 103 Å². The molecule has 356 valence electrons. The zero-order valence-corrected chi connectivity index (χ0v) is 40.9. The van der Waals surface area contributed by atoms with Crippen molar-refractivity contribution in [1.82, 2.24) is 0 Å². The van der Waals surface area contributed by atoms with E-state index in [0.29, 0.717) is 19.4 Å². The summed E-state index contributed by atoms with van der Waals surface area (Å²) in [7, 11) is 0. The minimum absolute atomic E-state index is 0.0503. The average molecular weight is 863 g/mol. The van der Waals surface area contributed by atoms with Gasteiger partial charge in [0.1, 0.15) is 6.61 Å². The highest BCUT2D eigenvalue weighted by Crippen LogP contribution is 2.15. The fraction of sp³-hybridized carbons (Fsp3) is 0.719. The summed E-state index contributed by atoms with van der Waals surface area (Å²) in [5.41, 5.74) is 0. The van der Waals surface area contributed by atoms with Crippen LogP contribution in [0.15, 0.2) is 85.1 Å². The monoisotopic (exact) mass is 863 g/mol. The van der Waals surface area contributed by atoms with Crippen molar-refractivity contribution in [2.75, 3.05) is 19.8 Å². The first-order chi connectivity index (χ1) is 30.6. The van der Waals surface area contributed by atoms with Crippen molar-refractivity contribution in [2.24, 2.45) is 0 Å². The number of allylic oxidation sites excluding steroid dienone is 14. The van der Waals surface area contributed by atoms with Gasteiger partial charge < -0.3 is 14.2 Å². The Bertz CT molecular complexity index is 1160. The smallest absolute Gasteiger partial charge is 0.306 e. The van der Waals surface area contributed by atoms with Crippen LogP contribution in [0.4, 0.5) is 0 Å². The maximum atomic E-state index is 12.8. The van der Waals surface area contributed by atoms with E-state index >= 15 is 0 Å². The van der Waals surface area contributed by atoms with Crippen LogP contribution in [-0.4, -0.2) is 37.9 Å². The Hall–Kier alpha value is -2.92. The molecule has 5 heteroatoms. The Kier molecular flexibility index (Phi) is 50.0. The zero-order chi connectivity index (χ0) is 44.9. The zero-order valence-electron chi connectivity index (χ0n) is 40.9. The first-order valence-electron chi connectivity index (χ1n) is 26.1. The molecular weight excluding hydrogens is 765 g/mol. The van der Waals surface area contributed by atoms with E-state index < -0.39 is 6.10 Å². The van der Waals surface area contributed by atoms with Gasteiger partial charge in [0.25, 0.3) is 0 Å². The van der Waals surface area contributed by atoms with Gasteiger partial charge in [0.15, 0.2) is 6.10 Å². The molecule has 0 saturated heterocycles. The molecule has 0 spiro atoms. The Morgan fingerprint density at radius 1 is 0.371 bits per heavy atom. The van der Waals surface area contributed by atoms with Gasteiger partial charge in [-0.25, -0.2) is 0 Å². The molecule has 0 aromatic heterocycles. The lowest BCUT2D eigenvalue weighted by molar-refractivity contribution is -0.163. The van der Waals surface area contributed by atoms with Crippen LogP contribution in [0.5, 0.6) is 0 Å². The Morgan fingerprint density at radius 2 is 0.726 bits per heavy atom. The Morgan fingerprint density at radius 3 is 1.18 bits per heavy atom.